The highest BCUT2D eigenvalue weighted by molar-refractivity contribution is 5.97. The second-order valence-electron chi connectivity index (χ2n) is 5.46. The molecule has 2 atom stereocenters. The molecule has 1 aliphatic carbocycles. The molecule has 1 heterocycles. The molecule has 0 N–H and O–H groups in total. The molecule has 2 aliphatic rings. The van der Waals surface area contributed by atoms with Gasteiger partial charge in [0.2, 0.25) is 0 Å². The largest absolute Gasteiger partial charge is 0.496 e. The zero-order valence-corrected chi connectivity index (χ0v) is 11.9. The van der Waals surface area contributed by atoms with E-state index in [0.717, 1.165) is 12.8 Å². The van der Waals surface area contributed by atoms with Crippen LogP contribution in [0.25, 0.3) is 0 Å². The van der Waals surface area contributed by atoms with Crippen molar-refractivity contribution in [1.29, 1.82) is 0 Å². The highest BCUT2D eigenvalue weighted by Crippen LogP contribution is 2.30. The molecule has 1 saturated carbocycles. The molecule has 0 bridgehead atoms. The van der Waals surface area contributed by atoms with E-state index in [2.05, 4.69) is 0 Å². The maximum atomic E-state index is 12.8. The molecule has 0 spiro atoms. The van der Waals surface area contributed by atoms with Crippen molar-refractivity contribution in [2.75, 3.05) is 20.3 Å². The van der Waals surface area contributed by atoms with Crippen LogP contribution in [-0.2, 0) is 4.74 Å². The van der Waals surface area contributed by atoms with Crippen molar-refractivity contribution in [1.82, 2.24) is 4.90 Å². The van der Waals surface area contributed by atoms with Gasteiger partial charge in [-0.15, -0.1) is 0 Å². The van der Waals surface area contributed by atoms with Crippen molar-refractivity contribution in [2.24, 2.45) is 0 Å². The van der Waals surface area contributed by atoms with Crippen molar-refractivity contribution in [2.45, 2.75) is 37.8 Å². The third-order valence-corrected chi connectivity index (χ3v) is 4.33. The minimum atomic E-state index is 0.0719. The Balaban J connectivity index is 1.85. The van der Waals surface area contributed by atoms with Gasteiger partial charge in [0, 0.05) is 6.54 Å². The fourth-order valence-corrected chi connectivity index (χ4v) is 3.32. The lowest BCUT2D eigenvalue weighted by Crippen LogP contribution is -2.54. The Morgan fingerprint density at radius 2 is 2.10 bits per heavy atom. The van der Waals surface area contributed by atoms with Gasteiger partial charge in [0.05, 0.1) is 31.4 Å². The van der Waals surface area contributed by atoms with Crippen LogP contribution in [0.3, 0.4) is 0 Å². The number of hydrogen-bond donors (Lipinski definition) is 0. The summed E-state index contributed by atoms with van der Waals surface area (Å²) in [4.78, 5) is 14.8. The number of carbonyl (C=O) groups is 1. The second kappa shape index (κ2) is 5.83. The van der Waals surface area contributed by atoms with Crippen molar-refractivity contribution >= 4 is 5.91 Å². The summed E-state index contributed by atoms with van der Waals surface area (Å²) in [5.41, 5.74) is 0.654. The number of para-hydroxylation sites is 1. The number of morpholine rings is 1. The summed E-state index contributed by atoms with van der Waals surface area (Å²) in [6, 6.07) is 7.68. The molecule has 1 amide bonds. The van der Waals surface area contributed by atoms with Gasteiger partial charge in [0.15, 0.2) is 0 Å². The van der Waals surface area contributed by atoms with Gasteiger partial charge in [-0.1, -0.05) is 25.0 Å². The molecule has 1 aromatic rings. The standard InChI is InChI=1S/C16H21NO3/c1-19-14-8-4-2-6-12(14)16(18)17-10-11-20-15-9-5-3-7-13(15)17/h2,4,6,8,13,15H,3,5,7,9-11H2,1H3. The van der Waals surface area contributed by atoms with E-state index in [1.165, 1.54) is 12.8 Å². The van der Waals surface area contributed by atoms with E-state index >= 15 is 0 Å². The lowest BCUT2D eigenvalue weighted by atomic mass is 9.89. The Kier molecular flexibility index (Phi) is 3.92. The fourth-order valence-electron chi connectivity index (χ4n) is 3.32. The summed E-state index contributed by atoms with van der Waals surface area (Å²) in [6.07, 6.45) is 4.72. The van der Waals surface area contributed by atoms with Crippen molar-refractivity contribution in [3.05, 3.63) is 29.8 Å². The van der Waals surface area contributed by atoms with Gasteiger partial charge in [-0.25, -0.2) is 0 Å². The number of nitrogens with zero attached hydrogens (tertiary/aromatic N) is 1. The summed E-state index contributed by atoms with van der Waals surface area (Å²) in [5.74, 6) is 0.721. The lowest BCUT2D eigenvalue weighted by molar-refractivity contribution is -0.0753. The summed E-state index contributed by atoms with van der Waals surface area (Å²) in [5, 5.41) is 0. The summed E-state index contributed by atoms with van der Waals surface area (Å²) >= 11 is 0. The van der Waals surface area contributed by atoms with Gasteiger partial charge in [0.25, 0.3) is 5.91 Å². The first-order valence-electron chi connectivity index (χ1n) is 7.37. The minimum absolute atomic E-state index is 0.0719. The van der Waals surface area contributed by atoms with E-state index in [1.807, 2.05) is 29.2 Å². The number of amides is 1. The van der Waals surface area contributed by atoms with Crippen LogP contribution >= 0.6 is 0 Å². The molecule has 2 fully saturated rings. The predicted molar refractivity (Wildman–Crippen MR) is 76.0 cm³/mol. The molecule has 4 nitrogen and oxygen atoms in total. The van der Waals surface area contributed by atoms with Crippen LogP contribution in [0.15, 0.2) is 24.3 Å². The fraction of sp³-hybridized carbons (Fsp3) is 0.562. The first-order valence-corrected chi connectivity index (χ1v) is 7.37. The molecule has 1 saturated heterocycles. The third kappa shape index (κ3) is 2.40. The van der Waals surface area contributed by atoms with E-state index < -0.39 is 0 Å². The smallest absolute Gasteiger partial charge is 0.258 e. The number of carbonyl (C=O) groups excluding carboxylic acids is 1. The van der Waals surface area contributed by atoms with Gasteiger partial charge < -0.3 is 14.4 Å². The Morgan fingerprint density at radius 3 is 2.95 bits per heavy atom. The molecular weight excluding hydrogens is 254 g/mol. The van der Waals surface area contributed by atoms with Crippen molar-refractivity contribution in [3.8, 4) is 5.75 Å². The van der Waals surface area contributed by atoms with E-state index in [4.69, 9.17) is 9.47 Å². The van der Waals surface area contributed by atoms with Crippen LogP contribution in [0.2, 0.25) is 0 Å². The van der Waals surface area contributed by atoms with E-state index in [9.17, 15) is 4.79 Å². The van der Waals surface area contributed by atoms with E-state index in [-0.39, 0.29) is 18.1 Å². The Labute approximate surface area is 119 Å². The number of methoxy groups -OCH3 is 1. The SMILES string of the molecule is COc1ccccc1C(=O)N1CCOC2CCCCC21. The molecule has 2 unspecified atom stereocenters. The number of ether oxygens (including phenoxy) is 2. The number of benzene rings is 1. The highest BCUT2D eigenvalue weighted by Gasteiger charge is 2.37. The van der Waals surface area contributed by atoms with E-state index in [0.29, 0.717) is 24.5 Å². The van der Waals surface area contributed by atoms with Crippen molar-refractivity contribution in [3.63, 3.8) is 0 Å². The van der Waals surface area contributed by atoms with Crippen LogP contribution < -0.4 is 4.74 Å². The van der Waals surface area contributed by atoms with Gasteiger partial charge in [-0.3, -0.25) is 4.79 Å². The molecular formula is C16H21NO3. The van der Waals surface area contributed by atoms with Crippen molar-refractivity contribution < 1.29 is 14.3 Å². The highest BCUT2D eigenvalue weighted by atomic mass is 16.5. The number of fused-ring (bicyclic) bond motifs is 1. The quantitative estimate of drug-likeness (QED) is 0.832. The zero-order chi connectivity index (χ0) is 13.9. The molecule has 1 aromatic carbocycles. The topological polar surface area (TPSA) is 38.8 Å². The minimum Gasteiger partial charge on any atom is -0.496 e. The van der Waals surface area contributed by atoms with Gasteiger partial charge in [-0.05, 0) is 25.0 Å². The molecule has 4 heteroatoms. The second-order valence-corrected chi connectivity index (χ2v) is 5.46. The molecule has 0 radical (unpaired) electrons. The lowest BCUT2D eigenvalue weighted by Gasteiger charge is -2.43. The molecule has 1 aliphatic heterocycles. The van der Waals surface area contributed by atoms with Gasteiger partial charge >= 0.3 is 0 Å². The number of rotatable bonds is 2. The third-order valence-electron chi connectivity index (χ3n) is 4.33. The first-order chi connectivity index (χ1) is 9.81. The molecule has 108 valence electrons. The van der Waals surface area contributed by atoms with Crippen LogP contribution in [-0.4, -0.2) is 43.2 Å². The normalized spacial score (nSPS) is 25.9. The molecule has 0 aromatic heterocycles. The monoisotopic (exact) mass is 275 g/mol. The zero-order valence-electron chi connectivity index (χ0n) is 11.9. The number of hydrogen-bond acceptors (Lipinski definition) is 3. The van der Waals surface area contributed by atoms with Gasteiger partial charge in [0.1, 0.15) is 5.75 Å². The average molecular weight is 275 g/mol. The van der Waals surface area contributed by atoms with Gasteiger partial charge in [-0.2, -0.15) is 0 Å². The Morgan fingerprint density at radius 1 is 1.30 bits per heavy atom. The van der Waals surface area contributed by atoms with Crippen LogP contribution in [0, 0.1) is 0 Å². The first kappa shape index (κ1) is 13.4. The summed E-state index contributed by atoms with van der Waals surface area (Å²) in [6.45, 7) is 1.32. The van der Waals surface area contributed by atoms with Crippen LogP contribution in [0.4, 0.5) is 0 Å². The average Bonchev–Trinajstić information content (AvgIpc) is 2.53. The van der Waals surface area contributed by atoms with E-state index in [1.54, 1.807) is 7.11 Å². The summed E-state index contributed by atoms with van der Waals surface area (Å²) in [7, 11) is 1.61. The predicted octanol–water partition coefficient (Wildman–Crippen LogP) is 2.48. The molecule has 3 rings (SSSR count). The maximum Gasteiger partial charge on any atom is 0.258 e. The Bertz CT molecular complexity index is 486. The Hall–Kier alpha value is -1.55. The summed E-state index contributed by atoms with van der Waals surface area (Å²) < 4.78 is 11.1. The maximum absolute atomic E-state index is 12.8. The molecule has 20 heavy (non-hydrogen) atoms. The van der Waals surface area contributed by atoms with Crippen LogP contribution in [0.1, 0.15) is 36.0 Å². The van der Waals surface area contributed by atoms with Crippen LogP contribution in [0.5, 0.6) is 5.75 Å².